The number of carbonyl (C=O) groups excluding carboxylic acids is 3. The van der Waals surface area contributed by atoms with Crippen LogP contribution in [0.4, 0.5) is 16.4 Å². The SMILES string of the molecule is COc1cc(Cl)ccc1C(=O)Nc1cc(NC2CC2)n2ncc(/C=C3\NC(=O)NC3=O)c2n1. The number of halogens is 1. The fourth-order valence-corrected chi connectivity index (χ4v) is 3.52. The summed E-state index contributed by atoms with van der Waals surface area (Å²) in [6.07, 6.45) is 5.05. The maximum atomic E-state index is 12.9. The normalized spacial score (nSPS) is 16.6. The Hall–Kier alpha value is -4.12. The third kappa shape index (κ3) is 4.17. The molecule has 0 unspecified atom stereocenters. The molecule has 2 fully saturated rings. The van der Waals surface area contributed by atoms with Crippen molar-refractivity contribution in [1.29, 1.82) is 0 Å². The minimum Gasteiger partial charge on any atom is -0.496 e. The number of rotatable bonds is 6. The van der Waals surface area contributed by atoms with Gasteiger partial charge in [0.1, 0.15) is 23.1 Å². The second kappa shape index (κ2) is 8.10. The number of nitrogens with zero attached hydrogens (tertiary/aromatic N) is 3. The van der Waals surface area contributed by atoms with E-state index in [2.05, 4.69) is 31.3 Å². The zero-order chi connectivity index (χ0) is 23.1. The first-order valence-corrected chi connectivity index (χ1v) is 10.4. The molecule has 1 aromatic carbocycles. The molecule has 1 aliphatic heterocycles. The number of ether oxygens (including phenoxy) is 1. The Balaban J connectivity index is 1.53. The molecule has 3 aromatic rings. The Labute approximate surface area is 192 Å². The molecule has 2 aromatic heterocycles. The third-order valence-electron chi connectivity index (χ3n) is 5.10. The fourth-order valence-electron chi connectivity index (χ4n) is 3.36. The smallest absolute Gasteiger partial charge is 0.326 e. The predicted molar refractivity (Wildman–Crippen MR) is 120 cm³/mol. The van der Waals surface area contributed by atoms with Crippen molar-refractivity contribution in [3.63, 3.8) is 0 Å². The highest BCUT2D eigenvalue weighted by Crippen LogP contribution is 2.28. The Bertz CT molecular complexity index is 1350. The van der Waals surface area contributed by atoms with Crippen molar-refractivity contribution in [3.8, 4) is 5.75 Å². The van der Waals surface area contributed by atoms with Crippen molar-refractivity contribution in [1.82, 2.24) is 25.2 Å². The number of methoxy groups -OCH3 is 1. The van der Waals surface area contributed by atoms with Gasteiger partial charge >= 0.3 is 6.03 Å². The zero-order valence-electron chi connectivity index (χ0n) is 17.3. The molecule has 168 valence electrons. The topological polar surface area (TPSA) is 139 Å². The van der Waals surface area contributed by atoms with E-state index in [4.69, 9.17) is 16.3 Å². The lowest BCUT2D eigenvalue weighted by Gasteiger charge is -2.12. The van der Waals surface area contributed by atoms with Gasteiger partial charge < -0.3 is 20.7 Å². The van der Waals surface area contributed by atoms with E-state index in [1.54, 1.807) is 28.8 Å². The van der Waals surface area contributed by atoms with Crippen LogP contribution in [0.3, 0.4) is 0 Å². The zero-order valence-corrected chi connectivity index (χ0v) is 18.1. The van der Waals surface area contributed by atoms with Gasteiger partial charge in [-0.15, -0.1) is 0 Å². The molecule has 0 bridgehead atoms. The largest absolute Gasteiger partial charge is 0.496 e. The molecule has 33 heavy (non-hydrogen) atoms. The van der Waals surface area contributed by atoms with Crippen LogP contribution in [-0.4, -0.2) is 45.6 Å². The van der Waals surface area contributed by atoms with Gasteiger partial charge in [0.15, 0.2) is 5.65 Å². The van der Waals surface area contributed by atoms with Crippen molar-refractivity contribution in [2.45, 2.75) is 18.9 Å². The summed E-state index contributed by atoms with van der Waals surface area (Å²) in [5.74, 6) is 0.253. The molecule has 0 radical (unpaired) electrons. The van der Waals surface area contributed by atoms with E-state index in [0.717, 1.165) is 12.8 Å². The number of nitrogens with one attached hydrogen (secondary N) is 4. The summed E-state index contributed by atoms with van der Waals surface area (Å²) >= 11 is 5.99. The van der Waals surface area contributed by atoms with E-state index in [1.807, 2.05) is 0 Å². The van der Waals surface area contributed by atoms with Crippen molar-refractivity contribution >= 4 is 52.8 Å². The Morgan fingerprint density at radius 1 is 1.27 bits per heavy atom. The van der Waals surface area contributed by atoms with Gasteiger partial charge in [-0.3, -0.25) is 14.9 Å². The molecule has 1 saturated heterocycles. The first kappa shape index (κ1) is 20.8. The van der Waals surface area contributed by atoms with E-state index in [1.165, 1.54) is 19.4 Å². The van der Waals surface area contributed by atoms with Gasteiger partial charge in [-0.25, -0.2) is 9.78 Å². The van der Waals surface area contributed by atoms with Crippen LogP contribution in [0.15, 0.2) is 36.2 Å². The molecular weight excluding hydrogens is 450 g/mol. The fraction of sp³-hybridized carbons (Fsp3) is 0.190. The number of benzene rings is 1. The molecule has 4 N–H and O–H groups in total. The summed E-state index contributed by atoms with van der Waals surface area (Å²) in [7, 11) is 1.45. The van der Waals surface area contributed by atoms with Crippen LogP contribution in [0, 0.1) is 0 Å². The lowest BCUT2D eigenvalue weighted by atomic mass is 10.2. The summed E-state index contributed by atoms with van der Waals surface area (Å²) in [6.45, 7) is 0. The van der Waals surface area contributed by atoms with Crippen molar-refractivity contribution < 1.29 is 19.1 Å². The predicted octanol–water partition coefficient (Wildman–Crippen LogP) is 2.40. The van der Waals surface area contributed by atoms with Crippen molar-refractivity contribution in [3.05, 3.63) is 52.3 Å². The number of hydrogen-bond acceptors (Lipinski definition) is 7. The molecular formula is C21H18ClN7O4. The molecule has 12 heteroatoms. The number of hydrogen-bond donors (Lipinski definition) is 4. The van der Waals surface area contributed by atoms with Gasteiger partial charge in [0, 0.05) is 22.7 Å². The molecule has 2 aliphatic rings. The maximum Gasteiger partial charge on any atom is 0.326 e. The van der Waals surface area contributed by atoms with Gasteiger partial charge in [0.25, 0.3) is 11.8 Å². The third-order valence-corrected chi connectivity index (χ3v) is 5.33. The standard InChI is InChI=1S/C21H18ClN7O4/c1-33-15-7-11(22)2-5-13(15)19(30)27-16-8-17(24-12-3-4-12)29-18(26-16)10(9-23-29)6-14-20(31)28-21(32)25-14/h2,5-9,12,24H,3-4H2,1H3,(H,26,27,30)(H2,25,28,31,32)/b14-6-. The van der Waals surface area contributed by atoms with Crippen LogP contribution in [0.5, 0.6) is 5.75 Å². The summed E-state index contributed by atoms with van der Waals surface area (Å²) in [4.78, 5) is 40.8. The summed E-state index contributed by atoms with van der Waals surface area (Å²) in [6, 6.07) is 6.10. The Morgan fingerprint density at radius 3 is 2.79 bits per heavy atom. The number of anilines is 2. The number of urea groups is 1. The number of carbonyl (C=O) groups is 3. The average molecular weight is 468 g/mol. The first-order valence-electron chi connectivity index (χ1n) is 10.1. The van der Waals surface area contributed by atoms with E-state index in [-0.39, 0.29) is 11.5 Å². The van der Waals surface area contributed by atoms with Crippen molar-refractivity contribution in [2.24, 2.45) is 0 Å². The highest BCUT2D eigenvalue weighted by Gasteiger charge is 2.25. The number of fused-ring (bicyclic) bond motifs is 1. The molecule has 0 atom stereocenters. The highest BCUT2D eigenvalue weighted by molar-refractivity contribution is 6.31. The molecule has 1 aliphatic carbocycles. The van der Waals surface area contributed by atoms with Gasteiger partial charge in [-0.05, 0) is 37.1 Å². The van der Waals surface area contributed by atoms with E-state index < -0.39 is 17.8 Å². The maximum absolute atomic E-state index is 12.9. The van der Waals surface area contributed by atoms with E-state index in [9.17, 15) is 14.4 Å². The van der Waals surface area contributed by atoms with Gasteiger partial charge in [-0.2, -0.15) is 9.61 Å². The number of imide groups is 1. The minimum atomic E-state index is -0.600. The highest BCUT2D eigenvalue weighted by atomic mass is 35.5. The van der Waals surface area contributed by atoms with Crippen LogP contribution in [0.2, 0.25) is 5.02 Å². The minimum absolute atomic E-state index is 0.0775. The molecule has 4 amide bonds. The lowest BCUT2D eigenvalue weighted by molar-refractivity contribution is -0.115. The van der Waals surface area contributed by atoms with Gasteiger partial charge in [0.2, 0.25) is 0 Å². The van der Waals surface area contributed by atoms with Crippen molar-refractivity contribution in [2.75, 3.05) is 17.7 Å². The monoisotopic (exact) mass is 467 g/mol. The summed E-state index contributed by atoms with van der Waals surface area (Å²) in [5, 5.41) is 15.5. The van der Waals surface area contributed by atoms with E-state index >= 15 is 0 Å². The summed E-state index contributed by atoms with van der Waals surface area (Å²) < 4.78 is 6.85. The van der Waals surface area contributed by atoms with E-state index in [0.29, 0.717) is 39.4 Å². The first-order chi connectivity index (χ1) is 15.9. The average Bonchev–Trinajstić information content (AvgIpc) is 3.42. The second-order valence-electron chi connectivity index (χ2n) is 7.55. The molecule has 11 nitrogen and oxygen atoms in total. The van der Waals surface area contributed by atoms with Gasteiger partial charge in [-0.1, -0.05) is 11.6 Å². The molecule has 5 rings (SSSR count). The number of amides is 4. The van der Waals surface area contributed by atoms with Crippen LogP contribution in [0.25, 0.3) is 11.7 Å². The molecule has 0 spiro atoms. The lowest BCUT2D eigenvalue weighted by Crippen LogP contribution is -2.22. The summed E-state index contributed by atoms with van der Waals surface area (Å²) in [5.41, 5.74) is 1.25. The van der Waals surface area contributed by atoms with Crippen LogP contribution in [0.1, 0.15) is 28.8 Å². The molecule has 3 heterocycles. The van der Waals surface area contributed by atoms with Crippen LogP contribution >= 0.6 is 11.6 Å². The Morgan fingerprint density at radius 2 is 2.09 bits per heavy atom. The quantitative estimate of drug-likeness (QED) is 0.322. The Kier molecular flexibility index (Phi) is 5.09. The molecule has 1 saturated carbocycles. The number of aromatic nitrogens is 3. The van der Waals surface area contributed by atoms with Gasteiger partial charge in [0.05, 0.1) is 18.9 Å². The van der Waals surface area contributed by atoms with Crippen LogP contribution in [-0.2, 0) is 4.79 Å². The second-order valence-corrected chi connectivity index (χ2v) is 7.98. The van der Waals surface area contributed by atoms with Crippen LogP contribution < -0.4 is 26.0 Å².